The van der Waals surface area contributed by atoms with Crippen LogP contribution in [0.5, 0.6) is 5.75 Å². The first-order chi connectivity index (χ1) is 14.2. The summed E-state index contributed by atoms with van der Waals surface area (Å²) in [6.45, 7) is 0.255. The molecule has 0 saturated heterocycles. The fourth-order valence-electron chi connectivity index (χ4n) is 2.49. The van der Waals surface area contributed by atoms with Crippen molar-refractivity contribution in [2.75, 3.05) is 33.0 Å². The number of allylic oxidation sites excluding steroid dienone is 2. The van der Waals surface area contributed by atoms with Crippen LogP contribution in [0.25, 0.3) is 0 Å². The second-order valence-electron chi connectivity index (χ2n) is 6.53. The molecule has 1 atom stereocenters. The van der Waals surface area contributed by atoms with Gasteiger partial charge in [0.15, 0.2) is 5.96 Å². The lowest BCUT2D eigenvalue weighted by Crippen LogP contribution is -2.42. The van der Waals surface area contributed by atoms with Crippen LogP contribution in [-0.4, -0.2) is 63.6 Å². The largest absolute Gasteiger partial charge is 0.457 e. The van der Waals surface area contributed by atoms with Gasteiger partial charge in [-0.3, -0.25) is 19.9 Å². The number of rotatable bonds is 6. The van der Waals surface area contributed by atoms with Gasteiger partial charge in [-0.25, -0.2) is 0 Å². The van der Waals surface area contributed by atoms with Crippen LogP contribution < -0.4 is 21.1 Å². The number of benzene rings is 1. The van der Waals surface area contributed by atoms with E-state index in [1.165, 1.54) is 25.3 Å². The molecule has 0 aliphatic heterocycles. The Hall–Kier alpha value is -2.86. The van der Waals surface area contributed by atoms with Crippen molar-refractivity contribution >= 4 is 63.4 Å². The molecule has 1 aliphatic rings. The number of amides is 2. The minimum absolute atomic E-state index is 0. The van der Waals surface area contributed by atoms with E-state index >= 15 is 0 Å². The summed E-state index contributed by atoms with van der Waals surface area (Å²) in [5, 5.41) is 5.07. The Labute approximate surface area is 199 Å². The molecular weight excluding hydrogens is 481 g/mol. The molecule has 13 heteroatoms. The Morgan fingerprint density at radius 3 is 2.34 bits per heavy atom. The molecule has 1 aromatic carbocycles. The number of nitrogens with zero attached hydrogens (tertiary/aromatic N) is 2. The summed E-state index contributed by atoms with van der Waals surface area (Å²) >= 11 is 0. The molecule has 1 unspecified atom stereocenters. The molecule has 2 amide bonds. The van der Waals surface area contributed by atoms with Crippen molar-refractivity contribution in [2.45, 2.75) is 0 Å². The quantitative estimate of drug-likeness (QED) is 0.291. The van der Waals surface area contributed by atoms with Crippen molar-refractivity contribution < 1.29 is 22.7 Å². The van der Waals surface area contributed by atoms with Crippen LogP contribution >= 0.6 is 24.8 Å². The number of anilines is 1. The molecule has 0 heterocycles. The molecular formula is C19H25Cl2N5O5S. The van der Waals surface area contributed by atoms with Crippen LogP contribution in [0.2, 0.25) is 0 Å². The molecule has 0 fully saturated rings. The molecule has 176 valence electrons. The van der Waals surface area contributed by atoms with Gasteiger partial charge in [0.05, 0.1) is 17.3 Å². The number of carbonyl (C=O) groups is 2. The number of ether oxygens (including phenoxy) is 1. The van der Waals surface area contributed by atoms with Gasteiger partial charge in [-0.1, -0.05) is 6.08 Å². The zero-order valence-corrected chi connectivity index (χ0v) is 20.0. The number of nitrogens with two attached hydrogens (primary N) is 1. The molecule has 0 radical (unpaired) electrons. The molecule has 0 spiro atoms. The second kappa shape index (κ2) is 13.5. The Morgan fingerprint density at radius 1 is 1.19 bits per heavy atom. The van der Waals surface area contributed by atoms with Gasteiger partial charge >= 0.3 is 0 Å². The van der Waals surface area contributed by atoms with E-state index in [9.17, 15) is 18.0 Å². The Morgan fingerprint density at radius 2 is 1.81 bits per heavy atom. The lowest BCUT2D eigenvalue weighted by Gasteiger charge is -2.17. The van der Waals surface area contributed by atoms with Gasteiger partial charge in [-0.05, 0) is 44.4 Å². The SMILES string of the molecule is CN=C(N)NC(=O)C1C=CC(Oc2ccc(NC(=O)CN(C)C)cc2)=CC1=S(=O)=O.Cl.Cl. The number of hydrogen-bond donors (Lipinski definition) is 3. The molecule has 0 bridgehead atoms. The first-order valence-electron chi connectivity index (χ1n) is 8.81. The molecule has 1 aromatic rings. The minimum atomic E-state index is -2.65. The maximum atomic E-state index is 12.2. The first-order valence-corrected chi connectivity index (χ1v) is 9.88. The number of hydrogen-bond acceptors (Lipinski definition) is 7. The highest BCUT2D eigenvalue weighted by Crippen LogP contribution is 2.21. The predicted molar refractivity (Wildman–Crippen MR) is 129 cm³/mol. The van der Waals surface area contributed by atoms with Crippen LogP contribution in [0.1, 0.15) is 0 Å². The zero-order chi connectivity index (χ0) is 22.3. The van der Waals surface area contributed by atoms with E-state index in [0.717, 1.165) is 0 Å². The van der Waals surface area contributed by atoms with Gasteiger partial charge in [0.1, 0.15) is 11.5 Å². The molecule has 32 heavy (non-hydrogen) atoms. The smallest absolute Gasteiger partial charge is 0.239 e. The van der Waals surface area contributed by atoms with Crippen LogP contribution in [-0.2, 0) is 19.9 Å². The van der Waals surface area contributed by atoms with Crippen molar-refractivity contribution in [1.82, 2.24) is 10.2 Å². The van der Waals surface area contributed by atoms with Crippen molar-refractivity contribution in [1.29, 1.82) is 0 Å². The van der Waals surface area contributed by atoms with Crippen molar-refractivity contribution in [3.05, 3.63) is 48.3 Å². The minimum Gasteiger partial charge on any atom is -0.457 e. The summed E-state index contributed by atoms with van der Waals surface area (Å²) in [7, 11) is 2.34. The van der Waals surface area contributed by atoms with E-state index in [1.54, 1.807) is 43.3 Å². The van der Waals surface area contributed by atoms with E-state index in [4.69, 9.17) is 10.5 Å². The van der Waals surface area contributed by atoms with Gasteiger partial charge in [0.25, 0.3) is 0 Å². The molecule has 2 rings (SSSR count). The molecule has 0 saturated carbocycles. The molecule has 1 aliphatic carbocycles. The molecule has 0 aromatic heterocycles. The first kappa shape index (κ1) is 29.1. The Balaban J connectivity index is 0.00000480. The summed E-state index contributed by atoms with van der Waals surface area (Å²) in [5.74, 6) is -1.28. The van der Waals surface area contributed by atoms with Crippen molar-refractivity contribution in [2.24, 2.45) is 16.6 Å². The van der Waals surface area contributed by atoms with E-state index in [-0.39, 0.29) is 53.8 Å². The van der Waals surface area contributed by atoms with Crippen molar-refractivity contribution in [3.63, 3.8) is 0 Å². The third kappa shape index (κ3) is 8.71. The highest BCUT2D eigenvalue weighted by atomic mass is 35.5. The summed E-state index contributed by atoms with van der Waals surface area (Å²) in [5.41, 5.74) is 6.06. The van der Waals surface area contributed by atoms with E-state index in [2.05, 4.69) is 15.6 Å². The summed E-state index contributed by atoms with van der Waals surface area (Å²) < 4.78 is 28.8. The van der Waals surface area contributed by atoms with Gasteiger partial charge in [-0.2, -0.15) is 8.42 Å². The van der Waals surface area contributed by atoms with Crippen LogP contribution in [0, 0.1) is 5.92 Å². The Bertz CT molecular complexity index is 1040. The Kier molecular flexibility index (Phi) is 12.3. The average molecular weight is 506 g/mol. The van der Waals surface area contributed by atoms with Gasteiger partial charge in [0, 0.05) is 18.8 Å². The molecule has 10 nitrogen and oxygen atoms in total. The maximum absolute atomic E-state index is 12.2. The zero-order valence-electron chi connectivity index (χ0n) is 17.6. The summed E-state index contributed by atoms with van der Waals surface area (Å²) in [6, 6.07) is 6.58. The standard InChI is InChI=1S/C19H23N5O5S.2ClH/c1-21-19(20)23-18(26)15-9-8-14(10-16(15)30(27)28)29-13-6-4-12(5-7-13)22-17(25)11-24(2)3;;/h4-10,15H,11H2,1-3H3,(H,22,25)(H3,20,21,23,26);2*1H. The number of nitrogens with one attached hydrogen (secondary N) is 2. The maximum Gasteiger partial charge on any atom is 0.239 e. The van der Waals surface area contributed by atoms with Crippen molar-refractivity contribution in [3.8, 4) is 5.75 Å². The van der Waals surface area contributed by atoms with E-state index < -0.39 is 22.1 Å². The second-order valence-corrected chi connectivity index (χ2v) is 7.47. The number of halogens is 2. The average Bonchev–Trinajstić information content (AvgIpc) is 2.68. The molecule has 4 N–H and O–H groups in total. The lowest BCUT2D eigenvalue weighted by atomic mass is 9.99. The van der Waals surface area contributed by atoms with E-state index in [0.29, 0.717) is 11.4 Å². The van der Waals surface area contributed by atoms with Crippen LogP contribution in [0.3, 0.4) is 0 Å². The van der Waals surface area contributed by atoms with Gasteiger partial charge < -0.3 is 20.7 Å². The number of carbonyl (C=O) groups excluding carboxylic acids is 2. The summed E-state index contributed by atoms with van der Waals surface area (Å²) in [4.78, 5) is 29.2. The van der Waals surface area contributed by atoms with Crippen LogP contribution in [0.15, 0.2) is 53.2 Å². The topological polar surface area (TPSA) is 143 Å². The highest BCUT2D eigenvalue weighted by molar-refractivity contribution is 7.73. The fourth-order valence-corrected chi connectivity index (χ4v) is 3.09. The van der Waals surface area contributed by atoms with E-state index in [1.807, 2.05) is 0 Å². The normalized spacial score (nSPS) is 15.1. The predicted octanol–water partition coefficient (Wildman–Crippen LogP) is 0.591. The lowest BCUT2D eigenvalue weighted by molar-refractivity contribution is -0.120. The van der Waals surface area contributed by atoms with Gasteiger partial charge in [-0.15, -0.1) is 24.8 Å². The number of guanidine groups is 1. The monoisotopic (exact) mass is 505 g/mol. The third-order valence-corrected chi connectivity index (χ3v) is 4.60. The number of likely N-dealkylation sites (N-methyl/N-ethyl adjacent to an activating group) is 1. The number of aliphatic imine (C=N–C) groups is 1. The van der Waals surface area contributed by atoms with Gasteiger partial charge in [0.2, 0.25) is 22.1 Å². The summed E-state index contributed by atoms with van der Waals surface area (Å²) in [6.07, 6.45) is 4.15. The highest BCUT2D eigenvalue weighted by Gasteiger charge is 2.26. The third-order valence-electron chi connectivity index (χ3n) is 3.84. The van der Waals surface area contributed by atoms with Crippen LogP contribution in [0.4, 0.5) is 5.69 Å². The fraction of sp³-hybridized carbons (Fsp3) is 0.263.